The third-order valence-electron chi connectivity index (χ3n) is 4.97. The zero-order valence-corrected chi connectivity index (χ0v) is 15.5. The minimum Gasteiger partial charge on any atom is -0.299 e. The number of benzene rings is 1. The summed E-state index contributed by atoms with van der Waals surface area (Å²) in [7, 11) is 0. The maximum atomic E-state index is 4.52. The molecule has 1 saturated heterocycles. The molecule has 0 atom stereocenters. The average Bonchev–Trinajstić information content (AvgIpc) is 3.00. The number of nitrogens with zero attached hydrogens (tertiary/aromatic N) is 3. The van der Waals surface area contributed by atoms with Gasteiger partial charge in [0, 0.05) is 22.8 Å². The van der Waals surface area contributed by atoms with Crippen molar-refractivity contribution < 1.29 is 0 Å². The van der Waals surface area contributed by atoms with Gasteiger partial charge in [0.15, 0.2) is 0 Å². The van der Waals surface area contributed by atoms with Gasteiger partial charge in [-0.15, -0.1) is 0 Å². The molecule has 1 aromatic carbocycles. The lowest BCUT2D eigenvalue weighted by Crippen LogP contribution is -2.32. The Bertz CT molecular complexity index is 847. The summed E-state index contributed by atoms with van der Waals surface area (Å²) in [5.74, 6) is 0.879. The number of hydrogen-bond donors (Lipinski definition) is 0. The van der Waals surface area contributed by atoms with E-state index >= 15 is 0 Å². The van der Waals surface area contributed by atoms with Crippen molar-refractivity contribution >= 4 is 21.6 Å². The molecule has 0 aliphatic carbocycles. The third-order valence-corrected chi connectivity index (χ3v) is 5.44. The molecule has 0 spiro atoms. The number of piperidine rings is 1. The smallest absolute Gasteiger partial charge is 0.137 e. The fourth-order valence-corrected chi connectivity index (χ4v) is 3.81. The van der Waals surface area contributed by atoms with Crippen molar-refractivity contribution in [3.05, 3.63) is 58.8 Å². The van der Waals surface area contributed by atoms with E-state index in [1.165, 1.54) is 37.1 Å². The summed E-state index contributed by atoms with van der Waals surface area (Å²) < 4.78 is 3.21. The van der Waals surface area contributed by atoms with E-state index in [1.54, 1.807) is 0 Å². The van der Waals surface area contributed by atoms with Crippen LogP contribution in [-0.2, 0) is 6.54 Å². The minimum absolute atomic E-state index is 0.879. The monoisotopic (exact) mass is 383 g/mol. The van der Waals surface area contributed by atoms with Crippen LogP contribution < -0.4 is 0 Å². The quantitative estimate of drug-likeness (QED) is 0.634. The van der Waals surface area contributed by atoms with Crippen LogP contribution in [-0.4, -0.2) is 27.4 Å². The number of fused-ring (bicyclic) bond motifs is 1. The number of likely N-dealkylation sites (tertiary alicyclic amines) is 1. The van der Waals surface area contributed by atoms with Crippen molar-refractivity contribution in [2.75, 3.05) is 13.1 Å². The third kappa shape index (κ3) is 3.26. The molecule has 2 aromatic heterocycles. The molecule has 24 heavy (non-hydrogen) atoms. The Kier molecular flexibility index (Phi) is 4.42. The molecule has 0 N–H and O–H groups in total. The molecule has 0 radical (unpaired) electrons. The largest absolute Gasteiger partial charge is 0.299 e. The van der Waals surface area contributed by atoms with Crippen LogP contribution in [0.2, 0.25) is 0 Å². The topological polar surface area (TPSA) is 20.5 Å². The predicted molar refractivity (Wildman–Crippen MR) is 102 cm³/mol. The fraction of sp³-hybridized carbons (Fsp3) is 0.350. The zero-order valence-electron chi connectivity index (χ0n) is 14.0. The van der Waals surface area contributed by atoms with Crippen LogP contribution in [0.5, 0.6) is 0 Å². The summed E-state index contributed by atoms with van der Waals surface area (Å²) in [5.41, 5.74) is 4.72. The summed E-state index contributed by atoms with van der Waals surface area (Å²) in [6.07, 6.45) is 6.68. The molecule has 3 nitrogen and oxygen atoms in total. The Morgan fingerprint density at radius 3 is 2.83 bits per heavy atom. The molecule has 0 unspecified atom stereocenters. The first-order valence-corrected chi connectivity index (χ1v) is 9.42. The van der Waals surface area contributed by atoms with Gasteiger partial charge in [-0.3, -0.25) is 9.30 Å². The van der Waals surface area contributed by atoms with Crippen LogP contribution in [0.25, 0.3) is 16.9 Å². The molecule has 0 amide bonds. The molecule has 4 rings (SSSR count). The van der Waals surface area contributed by atoms with E-state index in [1.807, 2.05) is 18.3 Å². The van der Waals surface area contributed by atoms with Crippen LogP contribution in [0.4, 0.5) is 0 Å². The van der Waals surface area contributed by atoms with Crippen molar-refractivity contribution in [3.8, 4) is 11.3 Å². The second-order valence-electron chi connectivity index (χ2n) is 6.88. The molecular weight excluding hydrogens is 362 g/mol. The van der Waals surface area contributed by atoms with Crippen molar-refractivity contribution in [1.29, 1.82) is 0 Å². The molecule has 0 bridgehead atoms. The van der Waals surface area contributed by atoms with Crippen molar-refractivity contribution in [1.82, 2.24) is 14.3 Å². The molecular formula is C20H22BrN3. The van der Waals surface area contributed by atoms with Gasteiger partial charge in [0.1, 0.15) is 5.65 Å². The normalized spacial score (nSPS) is 16.8. The molecule has 124 valence electrons. The van der Waals surface area contributed by atoms with Gasteiger partial charge < -0.3 is 0 Å². The Morgan fingerprint density at radius 1 is 1.17 bits per heavy atom. The van der Waals surface area contributed by atoms with Crippen LogP contribution in [0, 0.1) is 5.92 Å². The summed E-state index contributed by atoms with van der Waals surface area (Å²) in [6, 6.07) is 12.9. The van der Waals surface area contributed by atoms with E-state index in [2.05, 4.69) is 67.6 Å². The van der Waals surface area contributed by atoms with Crippen LogP contribution in [0.15, 0.2) is 53.3 Å². The maximum absolute atomic E-state index is 4.52. The van der Waals surface area contributed by atoms with Crippen LogP contribution >= 0.6 is 15.9 Å². The molecule has 1 aliphatic heterocycles. The first-order chi connectivity index (χ1) is 11.7. The number of imidazole rings is 1. The summed E-state index contributed by atoms with van der Waals surface area (Å²) in [6.45, 7) is 5.84. The lowest BCUT2D eigenvalue weighted by atomic mass is 9.98. The van der Waals surface area contributed by atoms with E-state index in [9.17, 15) is 0 Å². The Hall–Kier alpha value is -1.65. The van der Waals surface area contributed by atoms with Gasteiger partial charge >= 0.3 is 0 Å². The number of pyridine rings is 1. The van der Waals surface area contributed by atoms with Gasteiger partial charge in [0.2, 0.25) is 0 Å². The molecule has 3 heterocycles. The highest BCUT2D eigenvalue weighted by molar-refractivity contribution is 9.10. The number of hydrogen-bond acceptors (Lipinski definition) is 2. The number of aromatic nitrogens is 2. The maximum Gasteiger partial charge on any atom is 0.137 e. The standard InChI is InChI=1S/C20H22BrN3/c1-15-7-9-23(10-8-15)13-16-3-2-4-17(11-16)19-12-22-20-6-5-18(21)14-24(19)20/h2-6,11-12,14-15H,7-10,13H2,1H3. The molecule has 0 saturated carbocycles. The van der Waals surface area contributed by atoms with Crippen LogP contribution in [0.1, 0.15) is 25.3 Å². The average molecular weight is 384 g/mol. The zero-order chi connectivity index (χ0) is 16.5. The van der Waals surface area contributed by atoms with Crippen LogP contribution in [0.3, 0.4) is 0 Å². The van der Waals surface area contributed by atoms with E-state index in [0.29, 0.717) is 0 Å². The molecule has 1 aliphatic rings. The van der Waals surface area contributed by atoms with E-state index in [-0.39, 0.29) is 0 Å². The second kappa shape index (κ2) is 6.69. The Labute approximate surface area is 151 Å². The van der Waals surface area contributed by atoms with Crippen molar-refractivity contribution in [2.45, 2.75) is 26.3 Å². The molecule has 4 heteroatoms. The van der Waals surface area contributed by atoms with Gasteiger partial charge in [0.25, 0.3) is 0 Å². The van der Waals surface area contributed by atoms with Gasteiger partial charge in [-0.1, -0.05) is 25.1 Å². The highest BCUT2D eigenvalue weighted by Gasteiger charge is 2.16. The second-order valence-corrected chi connectivity index (χ2v) is 7.79. The minimum atomic E-state index is 0.879. The van der Waals surface area contributed by atoms with Gasteiger partial charge in [0.05, 0.1) is 11.9 Å². The SMILES string of the molecule is CC1CCN(Cc2cccc(-c3cnc4ccc(Br)cn34)c2)CC1. The molecule has 3 aromatic rings. The highest BCUT2D eigenvalue weighted by atomic mass is 79.9. The summed E-state index contributed by atoms with van der Waals surface area (Å²) in [5, 5.41) is 0. The van der Waals surface area contributed by atoms with E-state index in [0.717, 1.165) is 28.3 Å². The van der Waals surface area contributed by atoms with Crippen molar-refractivity contribution in [2.24, 2.45) is 5.92 Å². The lowest BCUT2D eigenvalue weighted by molar-refractivity contribution is 0.185. The molecule has 1 fully saturated rings. The number of rotatable bonds is 3. The van der Waals surface area contributed by atoms with Gasteiger partial charge in [-0.05, 0) is 71.5 Å². The van der Waals surface area contributed by atoms with Gasteiger partial charge in [-0.2, -0.15) is 0 Å². The first-order valence-electron chi connectivity index (χ1n) is 8.63. The Morgan fingerprint density at radius 2 is 2.00 bits per heavy atom. The Balaban J connectivity index is 1.61. The number of halogens is 1. The first kappa shape index (κ1) is 15.9. The fourth-order valence-electron chi connectivity index (χ4n) is 3.48. The summed E-state index contributed by atoms with van der Waals surface area (Å²) >= 11 is 3.55. The predicted octanol–water partition coefficient (Wildman–Crippen LogP) is 5.00. The van der Waals surface area contributed by atoms with Crippen molar-refractivity contribution in [3.63, 3.8) is 0 Å². The lowest BCUT2D eigenvalue weighted by Gasteiger charge is -2.30. The van der Waals surface area contributed by atoms with Gasteiger partial charge in [-0.25, -0.2) is 4.98 Å². The summed E-state index contributed by atoms with van der Waals surface area (Å²) in [4.78, 5) is 7.10. The van der Waals surface area contributed by atoms with E-state index < -0.39 is 0 Å². The highest BCUT2D eigenvalue weighted by Crippen LogP contribution is 2.25. The van der Waals surface area contributed by atoms with E-state index in [4.69, 9.17) is 0 Å².